The number of aliphatic carboxylic acids is 1. The van der Waals surface area contributed by atoms with E-state index in [4.69, 9.17) is 14.6 Å². The second-order valence-electron chi connectivity index (χ2n) is 2.73. The molecule has 0 aromatic heterocycles. The van der Waals surface area contributed by atoms with Crippen LogP contribution in [0.2, 0.25) is 0 Å². The summed E-state index contributed by atoms with van der Waals surface area (Å²) in [5.74, 6) is 0.364. The van der Waals surface area contributed by atoms with Gasteiger partial charge in [0.1, 0.15) is 18.1 Å². The SMILES string of the molecule is COc1cccc(OC/C=C/C(=O)O)c1. The fourth-order valence-corrected chi connectivity index (χ4v) is 0.984. The summed E-state index contributed by atoms with van der Waals surface area (Å²) >= 11 is 0. The molecule has 80 valence electrons. The number of methoxy groups -OCH3 is 1. The summed E-state index contributed by atoms with van der Waals surface area (Å²) in [4.78, 5) is 10.1. The Hall–Kier alpha value is -1.97. The molecule has 0 aliphatic heterocycles. The Morgan fingerprint density at radius 2 is 2.20 bits per heavy atom. The molecule has 0 unspecified atom stereocenters. The molecule has 4 heteroatoms. The van der Waals surface area contributed by atoms with Gasteiger partial charge >= 0.3 is 5.97 Å². The van der Waals surface area contributed by atoms with E-state index >= 15 is 0 Å². The van der Waals surface area contributed by atoms with Crippen LogP contribution in [0.4, 0.5) is 0 Å². The number of carbonyl (C=O) groups is 1. The van der Waals surface area contributed by atoms with Crippen LogP contribution in [0.3, 0.4) is 0 Å². The highest BCUT2D eigenvalue weighted by Crippen LogP contribution is 2.18. The highest BCUT2D eigenvalue weighted by Gasteiger charge is 1.94. The number of ether oxygens (including phenoxy) is 2. The van der Waals surface area contributed by atoms with Crippen molar-refractivity contribution in [2.24, 2.45) is 0 Å². The minimum Gasteiger partial charge on any atom is -0.497 e. The molecule has 0 bridgehead atoms. The van der Waals surface area contributed by atoms with E-state index in [0.717, 1.165) is 6.08 Å². The summed E-state index contributed by atoms with van der Waals surface area (Å²) < 4.78 is 10.3. The normalized spacial score (nSPS) is 10.2. The van der Waals surface area contributed by atoms with Crippen molar-refractivity contribution in [1.82, 2.24) is 0 Å². The van der Waals surface area contributed by atoms with E-state index in [1.807, 2.05) is 0 Å². The van der Waals surface area contributed by atoms with Crippen LogP contribution in [-0.2, 0) is 4.79 Å². The van der Waals surface area contributed by atoms with Crippen molar-refractivity contribution in [3.05, 3.63) is 36.4 Å². The largest absolute Gasteiger partial charge is 0.497 e. The molecule has 4 nitrogen and oxygen atoms in total. The molecular formula is C11H12O4. The molecule has 0 fully saturated rings. The number of hydrogen-bond acceptors (Lipinski definition) is 3. The Balaban J connectivity index is 2.47. The van der Waals surface area contributed by atoms with Gasteiger partial charge in [0.05, 0.1) is 7.11 Å². The average molecular weight is 208 g/mol. The Labute approximate surface area is 87.7 Å². The molecule has 1 aromatic carbocycles. The maximum Gasteiger partial charge on any atom is 0.328 e. The molecule has 0 atom stereocenters. The fraction of sp³-hybridized carbons (Fsp3) is 0.182. The van der Waals surface area contributed by atoms with Gasteiger partial charge in [-0.3, -0.25) is 0 Å². The highest BCUT2D eigenvalue weighted by atomic mass is 16.5. The van der Waals surface area contributed by atoms with Gasteiger partial charge in [-0.15, -0.1) is 0 Å². The number of hydrogen-bond donors (Lipinski definition) is 1. The first-order valence-electron chi connectivity index (χ1n) is 4.38. The quantitative estimate of drug-likeness (QED) is 0.748. The van der Waals surface area contributed by atoms with Crippen LogP contribution in [0.15, 0.2) is 36.4 Å². The van der Waals surface area contributed by atoms with Crippen LogP contribution in [0.5, 0.6) is 11.5 Å². The molecule has 0 amide bonds. The van der Waals surface area contributed by atoms with Crippen LogP contribution in [0, 0.1) is 0 Å². The first-order valence-corrected chi connectivity index (χ1v) is 4.38. The van der Waals surface area contributed by atoms with E-state index < -0.39 is 5.97 Å². The summed E-state index contributed by atoms with van der Waals surface area (Å²) in [5.41, 5.74) is 0. The smallest absolute Gasteiger partial charge is 0.328 e. The van der Waals surface area contributed by atoms with Crippen molar-refractivity contribution >= 4 is 5.97 Å². The maximum atomic E-state index is 10.1. The predicted molar refractivity (Wildman–Crippen MR) is 55.3 cm³/mol. The lowest BCUT2D eigenvalue weighted by atomic mass is 10.3. The molecule has 0 aliphatic carbocycles. The topological polar surface area (TPSA) is 55.8 Å². The Morgan fingerprint density at radius 1 is 1.47 bits per heavy atom. The van der Waals surface area contributed by atoms with Crippen molar-refractivity contribution in [3.8, 4) is 11.5 Å². The number of rotatable bonds is 5. The summed E-state index contributed by atoms with van der Waals surface area (Å²) in [6.45, 7) is 0.222. The van der Waals surface area contributed by atoms with Crippen molar-refractivity contribution in [3.63, 3.8) is 0 Å². The lowest BCUT2D eigenvalue weighted by molar-refractivity contribution is -0.131. The van der Waals surface area contributed by atoms with Crippen LogP contribution in [-0.4, -0.2) is 24.8 Å². The Morgan fingerprint density at radius 3 is 2.87 bits per heavy atom. The molecule has 0 heterocycles. The number of carboxylic acid groups (broad SMARTS) is 1. The van der Waals surface area contributed by atoms with E-state index in [1.54, 1.807) is 31.4 Å². The summed E-state index contributed by atoms with van der Waals surface area (Å²) in [7, 11) is 1.57. The third kappa shape index (κ3) is 4.17. The molecule has 0 aliphatic rings. The van der Waals surface area contributed by atoms with Crippen LogP contribution >= 0.6 is 0 Å². The van der Waals surface area contributed by atoms with Gasteiger partial charge in [-0.05, 0) is 18.2 Å². The van der Waals surface area contributed by atoms with Crippen LogP contribution < -0.4 is 9.47 Å². The average Bonchev–Trinajstić information content (AvgIpc) is 2.24. The zero-order chi connectivity index (χ0) is 11.1. The minimum absolute atomic E-state index is 0.222. The van der Waals surface area contributed by atoms with E-state index in [1.165, 1.54) is 6.08 Å². The van der Waals surface area contributed by atoms with Gasteiger partial charge in [0, 0.05) is 12.1 Å². The Kier molecular flexibility index (Phi) is 4.22. The minimum atomic E-state index is -0.982. The number of benzene rings is 1. The highest BCUT2D eigenvalue weighted by molar-refractivity contribution is 5.79. The van der Waals surface area contributed by atoms with Gasteiger partial charge in [0.2, 0.25) is 0 Å². The predicted octanol–water partition coefficient (Wildman–Crippen LogP) is 1.71. The van der Waals surface area contributed by atoms with Gasteiger partial charge < -0.3 is 14.6 Å². The second-order valence-corrected chi connectivity index (χ2v) is 2.73. The second kappa shape index (κ2) is 5.70. The summed E-state index contributed by atoms with van der Waals surface area (Å²) in [5, 5.41) is 8.33. The monoisotopic (exact) mass is 208 g/mol. The van der Waals surface area contributed by atoms with Gasteiger partial charge in [0.25, 0.3) is 0 Å². The lowest BCUT2D eigenvalue weighted by Crippen LogP contribution is -1.95. The van der Waals surface area contributed by atoms with E-state index in [9.17, 15) is 4.79 Å². The van der Waals surface area contributed by atoms with Crippen molar-refractivity contribution in [2.45, 2.75) is 0 Å². The first-order chi connectivity index (χ1) is 7.22. The Bertz CT molecular complexity index is 357. The molecule has 0 radical (unpaired) electrons. The molecular weight excluding hydrogens is 196 g/mol. The van der Waals surface area contributed by atoms with Crippen LogP contribution in [0.25, 0.3) is 0 Å². The van der Waals surface area contributed by atoms with Crippen molar-refractivity contribution in [2.75, 3.05) is 13.7 Å². The summed E-state index contributed by atoms with van der Waals surface area (Å²) in [6.07, 6.45) is 2.47. The van der Waals surface area contributed by atoms with Gasteiger partial charge in [-0.2, -0.15) is 0 Å². The maximum absolute atomic E-state index is 10.1. The van der Waals surface area contributed by atoms with Crippen LogP contribution in [0.1, 0.15) is 0 Å². The molecule has 1 rings (SSSR count). The molecule has 0 saturated heterocycles. The fourth-order valence-electron chi connectivity index (χ4n) is 0.984. The first kappa shape index (κ1) is 11.1. The van der Waals surface area contributed by atoms with E-state index in [-0.39, 0.29) is 6.61 Å². The van der Waals surface area contributed by atoms with Gasteiger partial charge in [-0.25, -0.2) is 4.79 Å². The summed E-state index contributed by atoms with van der Waals surface area (Å²) in [6, 6.07) is 7.11. The third-order valence-corrected chi connectivity index (χ3v) is 1.65. The molecule has 1 N–H and O–H groups in total. The van der Waals surface area contributed by atoms with Crippen molar-refractivity contribution in [1.29, 1.82) is 0 Å². The van der Waals surface area contributed by atoms with Crippen molar-refractivity contribution < 1.29 is 19.4 Å². The van der Waals surface area contributed by atoms with Gasteiger partial charge in [-0.1, -0.05) is 6.07 Å². The molecule has 1 aromatic rings. The molecule has 15 heavy (non-hydrogen) atoms. The zero-order valence-electron chi connectivity index (χ0n) is 8.34. The lowest BCUT2D eigenvalue weighted by Gasteiger charge is -2.04. The van der Waals surface area contributed by atoms with Gasteiger partial charge in [0.15, 0.2) is 0 Å². The third-order valence-electron chi connectivity index (χ3n) is 1.65. The van der Waals surface area contributed by atoms with E-state index in [0.29, 0.717) is 11.5 Å². The number of carboxylic acids is 1. The standard InChI is InChI=1S/C11H12O4/c1-14-9-4-2-5-10(8-9)15-7-3-6-11(12)13/h2-6,8H,7H2,1H3,(H,12,13)/b6-3+. The zero-order valence-corrected chi connectivity index (χ0v) is 8.34. The van der Waals surface area contributed by atoms with E-state index in [2.05, 4.69) is 0 Å². The molecule has 0 spiro atoms. The molecule has 0 saturated carbocycles.